The zero-order valence-electron chi connectivity index (χ0n) is 13.5. The van der Waals surface area contributed by atoms with Gasteiger partial charge in [0.1, 0.15) is 5.65 Å². The van der Waals surface area contributed by atoms with Crippen LogP contribution < -0.4 is 0 Å². The molecule has 0 fully saturated rings. The van der Waals surface area contributed by atoms with Crippen molar-refractivity contribution in [2.45, 2.75) is 26.0 Å². The molecule has 4 rings (SSSR count). The second-order valence-electron chi connectivity index (χ2n) is 6.30. The van der Waals surface area contributed by atoms with Crippen molar-refractivity contribution in [1.82, 2.24) is 14.3 Å². The van der Waals surface area contributed by atoms with Crippen LogP contribution in [0, 0.1) is 6.92 Å². The minimum atomic E-state index is -0.622. The molecule has 0 bridgehead atoms. The van der Waals surface area contributed by atoms with E-state index in [2.05, 4.69) is 4.98 Å². The summed E-state index contributed by atoms with van der Waals surface area (Å²) in [7, 11) is 0. The maximum Gasteiger partial charge on any atom is 0.228 e. The molecule has 1 atom stereocenters. The third-order valence-corrected chi connectivity index (χ3v) is 4.66. The second-order valence-corrected chi connectivity index (χ2v) is 6.30. The molecular weight excluding hydrogens is 302 g/mol. The van der Waals surface area contributed by atoms with E-state index < -0.39 is 6.10 Å². The summed E-state index contributed by atoms with van der Waals surface area (Å²) in [6, 6.07) is 11.7. The zero-order valence-corrected chi connectivity index (χ0v) is 13.5. The van der Waals surface area contributed by atoms with E-state index in [0.717, 1.165) is 28.0 Å². The molecule has 1 aromatic carbocycles. The number of nitrogens with zero attached hydrogens (tertiary/aromatic N) is 3. The highest BCUT2D eigenvalue weighted by Crippen LogP contribution is 2.26. The lowest BCUT2D eigenvalue weighted by Crippen LogP contribution is -2.39. The number of aliphatic hydroxyl groups excluding tert-OH is 1. The quantitative estimate of drug-likeness (QED) is 0.788. The van der Waals surface area contributed by atoms with Crippen molar-refractivity contribution in [1.29, 1.82) is 0 Å². The second kappa shape index (κ2) is 5.76. The van der Waals surface area contributed by atoms with Gasteiger partial charge in [-0.2, -0.15) is 0 Å². The van der Waals surface area contributed by atoms with Gasteiger partial charge in [0.2, 0.25) is 5.91 Å². The molecular formula is C19H19N3O2. The van der Waals surface area contributed by atoms with Crippen molar-refractivity contribution in [2.24, 2.45) is 0 Å². The van der Waals surface area contributed by atoms with Gasteiger partial charge in [-0.1, -0.05) is 30.3 Å². The highest BCUT2D eigenvalue weighted by Gasteiger charge is 2.26. The van der Waals surface area contributed by atoms with Crippen LogP contribution >= 0.6 is 0 Å². The summed E-state index contributed by atoms with van der Waals surface area (Å²) in [6.45, 7) is 2.89. The summed E-state index contributed by atoms with van der Waals surface area (Å²) in [5, 5.41) is 10.3. The van der Waals surface area contributed by atoms with E-state index in [1.807, 2.05) is 53.9 Å². The molecule has 1 aliphatic heterocycles. The fourth-order valence-electron chi connectivity index (χ4n) is 3.37. The van der Waals surface area contributed by atoms with Crippen LogP contribution in [0.15, 0.2) is 48.8 Å². The highest BCUT2D eigenvalue weighted by atomic mass is 16.3. The number of aromatic nitrogens is 2. The van der Waals surface area contributed by atoms with Crippen LogP contribution in [0.25, 0.3) is 5.65 Å². The third-order valence-electron chi connectivity index (χ3n) is 4.66. The first-order valence-electron chi connectivity index (χ1n) is 8.08. The number of rotatable bonds is 2. The van der Waals surface area contributed by atoms with Gasteiger partial charge in [0.15, 0.2) is 0 Å². The summed E-state index contributed by atoms with van der Waals surface area (Å²) < 4.78 is 1.96. The molecule has 0 saturated carbocycles. The molecule has 24 heavy (non-hydrogen) atoms. The highest BCUT2D eigenvalue weighted by molar-refractivity contribution is 5.79. The largest absolute Gasteiger partial charge is 0.387 e. The van der Waals surface area contributed by atoms with Crippen LogP contribution in [-0.4, -0.2) is 31.8 Å². The van der Waals surface area contributed by atoms with Crippen molar-refractivity contribution >= 4 is 11.6 Å². The minimum absolute atomic E-state index is 0.00635. The third kappa shape index (κ3) is 2.47. The molecule has 122 valence electrons. The predicted molar refractivity (Wildman–Crippen MR) is 90.5 cm³/mol. The van der Waals surface area contributed by atoms with Gasteiger partial charge >= 0.3 is 0 Å². The van der Waals surface area contributed by atoms with Gasteiger partial charge in [0.05, 0.1) is 24.8 Å². The van der Waals surface area contributed by atoms with Gasteiger partial charge in [-0.15, -0.1) is 0 Å². The number of aliphatic hydroxyl groups is 1. The smallest absolute Gasteiger partial charge is 0.228 e. The predicted octanol–water partition coefficient (Wildman–Crippen LogP) is 2.26. The van der Waals surface area contributed by atoms with Crippen LogP contribution in [0.1, 0.15) is 28.5 Å². The molecule has 1 N–H and O–H groups in total. The van der Waals surface area contributed by atoms with Crippen molar-refractivity contribution in [2.75, 3.05) is 6.54 Å². The van der Waals surface area contributed by atoms with Crippen molar-refractivity contribution in [3.05, 3.63) is 71.2 Å². The van der Waals surface area contributed by atoms with E-state index in [0.29, 0.717) is 13.1 Å². The summed E-state index contributed by atoms with van der Waals surface area (Å²) >= 11 is 0. The Hall–Kier alpha value is -2.66. The number of aryl methyl sites for hydroxylation is 1. The Balaban J connectivity index is 1.58. The maximum absolute atomic E-state index is 12.7. The van der Waals surface area contributed by atoms with Gasteiger partial charge in [-0.3, -0.25) is 4.79 Å². The number of carbonyl (C=O) groups excluding carboxylic acids is 1. The average Bonchev–Trinajstić information content (AvgIpc) is 2.99. The number of amides is 1. The van der Waals surface area contributed by atoms with Gasteiger partial charge in [0, 0.05) is 18.9 Å². The van der Waals surface area contributed by atoms with Crippen molar-refractivity contribution < 1.29 is 9.90 Å². The molecule has 3 heterocycles. The lowest BCUT2D eigenvalue weighted by molar-refractivity contribution is -0.133. The van der Waals surface area contributed by atoms with Gasteiger partial charge in [-0.05, 0) is 29.7 Å². The van der Waals surface area contributed by atoms with Crippen LogP contribution in [0.2, 0.25) is 0 Å². The first-order chi connectivity index (χ1) is 11.6. The van der Waals surface area contributed by atoms with E-state index in [4.69, 9.17) is 0 Å². The monoisotopic (exact) mass is 321 g/mol. The Morgan fingerprint density at radius 3 is 3.00 bits per heavy atom. The van der Waals surface area contributed by atoms with E-state index in [9.17, 15) is 9.90 Å². The number of hydrogen-bond donors (Lipinski definition) is 1. The summed E-state index contributed by atoms with van der Waals surface area (Å²) in [4.78, 5) is 18.9. The van der Waals surface area contributed by atoms with Crippen molar-refractivity contribution in [3.63, 3.8) is 0 Å². The van der Waals surface area contributed by atoms with Crippen LogP contribution in [0.3, 0.4) is 0 Å². The first-order valence-corrected chi connectivity index (χ1v) is 8.08. The molecule has 1 aliphatic rings. The normalized spacial score (nSPS) is 17.1. The Morgan fingerprint density at radius 2 is 2.12 bits per heavy atom. The Morgan fingerprint density at radius 1 is 1.29 bits per heavy atom. The summed E-state index contributed by atoms with van der Waals surface area (Å²) in [5.41, 5.74) is 4.76. The number of fused-ring (bicyclic) bond motifs is 2. The van der Waals surface area contributed by atoms with Crippen LogP contribution in [-0.2, 0) is 17.8 Å². The Labute approximate surface area is 140 Å². The number of carbonyl (C=O) groups is 1. The molecule has 0 spiro atoms. The molecule has 0 radical (unpaired) electrons. The first kappa shape index (κ1) is 14.9. The molecule has 3 aromatic rings. The zero-order chi connectivity index (χ0) is 16.7. The van der Waals surface area contributed by atoms with Crippen LogP contribution in [0.4, 0.5) is 0 Å². The lowest BCUT2D eigenvalue weighted by Gasteiger charge is -2.32. The number of imidazole rings is 1. The molecule has 5 nitrogen and oxygen atoms in total. The SMILES string of the molecule is Cc1cccn2c(CC(=O)N3Cc4ccccc4[C@H](O)C3)cnc12. The standard InChI is InChI=1S/C19H19N3O2/c1-13-5-4-8-22-15(10-20-19(13)22)9-18(24)21-11-14-6-2-3-7-16(14)17(23)12-21/h2-8,10,17,23H,9,11-12H2,1H3/t17-/m1/s1. The lowest BCUT2D eigenvalue weighted by atomic mass is 9.97. The fourth-order valence-corrected chi connectivity index (χ4v) is 3.37. The van der Waals surface area contributed by atoms with Gasteiger partial charge < -0.3 is 14.4 Å². The van der Waals surface area contributed by atoms with Gasteiger partial charge in [0.25, 0.3) is 0 Å². The van der Waals surface area contributed by atoms with E-state index in [1.165, 1.54) is 0 Å². The topological polar surface area (TPSA) is 57.8 Å². The van der Waals surface area contributed by atoms with Crippen molar-refractivity contribution in [3.8, 4) is 0 Å². The maximum atomic E-state index is 12.7. The van der Waals surface area contributed by atoms with Gasteiger partial charge in [-0.25, -0.2) is 4.98 Å². The average molecular weight is 321 g/mol. The van der Waals surface area contributed by atoms with E-state index >= 15 is 0 Å². The molecule has 1 amide bonds. The number of hydrogen-bond acceptors (Lipinski definition) is 3. The summed E-state index contributed by atoms with van der Waals surface area (Å²) in [6.07, 6.45) is 3.34. The molecule has 0 aliphatic carbocycles. The molecule has 0 saturated heterocycles. The number of benzene rings is 1. The van der Waals surface area contributed by atoms with E-state index in [-0.39, 0.29) is 12.3 Å². The summed E-state index contributed by atoms with van der Waals surface area (Å²) in [5.74, 6) is 0.00635. The molecule has 0 unspecified atom stereocenters. The van der Waals surface area contributed by atoms with Crippen LogP contribution in [0.5, 0.6) is 0 Å². The molecule has 2 aromatic heterocycles. The fraction of sp³-hybridized carbons (Fsp3) is 0.263. The molecule has 5 heteroatoms. The van der Waals surface area contributed by atoms with E-state index in [1.54, 1.807) is 11.1 Å². The Kier molecular flexibility index (Phi) is 3.58. The minimum Gasteiger partial charge on any atom is -0.387 e. The number of β-amino-alcohol motifs (C(OH)–C–C–N with tert-alkyl or cyclic N) is 1. The Bertz CT molecular complexity index is 916. The number of pyridine rings is 1.